The largest absolute Gasteiger partial charge is 0.409 e. The van der Waals surface area contributed by atoms with Gasteiger partial charge in [-0.2, -0.15) is 13.2 Å². The molecule has 1 aromatic rings. The minimum atomic E-state index is -4.35. The number of nitrogens with one attached hydrogen (secondary N) is 1. The number of rotatable bonds is 2. The van der Waals surface area contributed by atoms with Crippen LogP contribution in [0.4, 0.5) is 13.2 Å². The molecule has 0 spiro atoms. The highest BCUT2D eigenvalue weighted by Crippen LogP contribution is 2.31. The molecule has 1 N–H and O–H groups in total. The fourth-order valence-corrected chi connectivity index (χ4v) is 1.00. The van der Waals surface area contributed by atoms with E-state index in [0.29, 0.717) is 5.76 Å². The molecule has 0 aromatic carbocycles. The van der Waals surface area contributed by atoms with Crippen LogP contribution < -0.4 is 5.32 Å². The molecule has 0 saturated carbocycles. The van der Waals surface area contributed by atoms with Gasteiger partial charge in [-0.1, -0.05) is 5.16 Å². The first-order valence-electron chi connectivity index (χ1n) is 3.62. The SMILES string of the molecule is CNC(c1cc(C)on1)C(F)(F)F. The lowest BCUT2D eigenvalue weighted by molar-refractivity contribution is -0.157. The molecule has 3 nitrogen and oxygen atoms in total. The van der Waals surface area contributed by atoms with E-state index in [1.807, 2.05) is 0 Å². The van der Waals surface area contributed by atoms with Crippen LogP contribution in [0.5, 0.6) is 0 Å². The molecule has 0 bridgehead atoms. The molecule has 0 aliphatic rings. The summed E-state index contributed by atoms with van der Waals surface area (Å²) in [4.78, 5) is 0. The lowest BCUT2D eigenvalue weighted by Gasteiger charge is -2.16. The molecule has 0 radical (unpaired) electrons. The maximum atomic E-state index is 12.3. The predicted molar refractivity (Wildman–Crippen MR) is 39.1 cm³/mol. The van der Waals surface area contributed by atoms with Gasteiger partial charge in [0.05, 0.1) is 0 Å². The second-order valence-corrected chi connectivity index (χ2v) is 2.63. The lowest BCUT2D eigenvalue weighted by atomic mass is 10.2. The van der Waals surface area contributed by atoms with Crippen LogP contribution >= 0.6 is 0 Å². The summed E-state index contributed by atoms with van der Waals surface area (Å²) >= 11 is 0. The van der Waals surface area contributed by atoms with E-state index in [2.05, 4.69) is 15.0 Å². The van der Waals surface area contributed by atoms with Gasteiger partial charge in [0.1, 0.15) is 17.5 Å². The Morgan fingerprint density at radius 2 is 2.15 bits per heavy atom. The molecule has 0 fully saturated rings. The summed E-state index contributed by atoms with van der Waals surface area (Å²) in [6.45, 7) is 1.54. The summed E-state index contributed by atoms with van der Waals surface area (Å²) in [5.41, 5.74) is -0.146. The Balaban J connectivity index is 2.91. The fraction of sp³-hybridized carbons (Fsp3) is 0.571. The van der Waals surface area contributed by atoms with Crippen LogP contribution in [0.3, 0.4) is 0 Å². The minimum Gasteiger partial charge on any atom is -0.361 e. The number of nitrogens with zero attached hydrogens (tertiary/aromatic N) is 1. The average molecular weight is 194 g/mol. The second-order valence-electron chi connectivity index (χ2n) is 2.63. The average Bonchev–Trinajstić information content (AvgIpc) is 2.34. The van der Waals surface area contributed by atoms with Gasteiger partial charge < -0.3 is 9.84 Å². The summed E-state index contributed by atoms with van der Waals surface area (Å²) in [5.74, 6) is 0.361. The van der Waals surface area contributed by atoms with Crippen molar-refractivity contribution >= 4 is 0 Å². The first-order valence-corrected chi connectivity index (χ1v) is 3.62. The number of hydrogen-bond acceptors (Lipinski definition) is 3. The molecule has 1 aromatic heterocycles. The van der Waals surface area contributed by atoms with Crippen LogP contribution in [0.15, 0.2) is 10.6 Å². The van der Waals surface area contributed by atoms with Crippen molar-refractivity contribution in [1.29, 1.82) is 0 Å². The number of halogens is 3. The molecule has 1 heterocycles. The van der Waals surface area contributed by atoms with E-state index in [-0.39, 0.29) is 5.69 Å². The molecule has 1 rings (SSSR count). The van der Waals surface area contributed by atoms with Gasteiger partial charge in [-0.05, 0) is 14.0 Å². The van der Waals surface area contributed by atoms with E-state index in [4.69, 9.17) is 0 Å². The van der Waals surface area contributed by atoms with Gasteiger partial charge >= 0.3 is 6.18 Å². The number of aromatic nitrogens is 1. The number of aryl methyl sites for hydroxylation is 1. The molecule has 74 valence electrons. The summed E-state index contributed by atoms with van der Waals surface area (Å²) in [5, 5.41) is 5.42. The Morgan fingerprint density at radius 3 is 2.46 bits per heavy atom. The third-order valence-corrected chi connectivity index (χ3v) is 1.56. The number of hydrogen-bond donors (Lipinski definition) is 1. The van der Waals surface area contributed by atoms with Crippen molar-refractivity contribution in [3.8, 4) is 0 Å². The Morgan fingerprint density at radius 1 is 1.54 bits per heavy atom. The van der Waals surface area contributed by atoms with Crippen LogP contribution in [0, 0.1) is 6.92 Å². The van der Waals surface area contributed by atoms with E-state index in [1.54, 1.807) is 6.92 Å². The van der Waals surface area contributed by atoms with Crippen LogP contribution in [0.2, 0.25) is 0 Å². The molecular formula is C7H9F3N2O. The van der Waals surface area contributed by atoms with E-state index in [0.717, 1.165) is 0 Å². The van der Waals surface area contributed by atoms with Crippen LogP contribution in [-0.2, 0) is 0 Å². The minimum absolute atomic E-state index is 0.146. The van der Waals surface area contributed by atoms with Crippen molar-refractivity contribution in [3.63, 3.8) is 0 Å². The molecule has 1 unspecified atom stereocenters. The zero-order valence-electron chi connectivity index (χ0n) is 7.14. The van der Waals surface area contributed by atoms with Crippen molar-refractivity contribution in [2.75, 3.05) is 7.05 Å². The summed E-state index contributed by atoms with van der Waals surface area (Å²) < 4.78 is 41.4. The molecule has 0 saturated heterocycles. The topological polar surface area (TPSA) is 38.1 Å². The van der Waals surface area contributed by atoms with Gasteiger partial charge in [-0.3, -0.25) is 0 Å². The molecule has 1 atom stereocenters. The summed E-state index contributed by atoms with van der Waals surface area (Å²) in [7, 11) is 1.22. The maximum Gasteiger partial charge on any atom is 0.409 e. The zero-order valence-corrected chi connectivity index (χ0v) is 7.14. The fourth-order valence-electron chi connectivity index (χ4n) is 1.00. The van der Waals surface area contributed by atoms with Crippen molar-refractivity contribution in [1.82, 2.24) is 10.5 Å². The van der Waals surface area contributed by atoms with Crippen molar-refractivity contribution < 1.29 is 17.7 Å². The Kier molecular flexibility index (Phi) is 2.60. The van der Waals surface area contributed by atoms with Crippen LogP contribution in [0.1, 0.15) is 17.5 Å². The highest BCUT2D eigenvalue weighted by atomic mass is 19.4. The predicted octanol–water partition coefficient (Wildman–Crippen LogP) is 1.81. The first kappa shape index (κ1) is 10.0. The molecular weight excluding hydrogens is 185 g/mol. The van der Waals surface area contributed by atoms with Crippen molar-refractivity contribution in [2.24, 2.45) is 0 Å². The van der Waals surface area contributed by atoms with Gasteiger partial charge in [0, 0.05) is 6.07 Å². The van der Waals surface area contributed by atoms with Gasteiger partial charge in [0.25, 0.3) is 0 Å². The quantitative estimate of drug-likeness (QED) is 0.780. The Hall–Kier alpha value is -1.04. The lowest BCUT2D eigenvalue weighted by Crippen LogP contribution is -2.31. The molecule has 0 aliphatic carbocycles. The van der Waals surface area contributed by atoms with Crippen LogP contribution in [-0.4, -0.2) is 18.4 Å². The van der Waals surface area contributed by atoms with Gasteiger partial charge in [0.2, 0.25) is 0 Å². The van der Waals surface area contributed by atoms with E-state index >= 15 is 0 Å². The summed E-state index contributed by atoms with van der Waals surface area (Å²) in [6.07, 6.45) is -4.35. The van der Waals surface area contributed by atoms with Gasteiger partial charge in [-0.25, -0.2) is 0 Å². The van der Waals surface area contributed by atoms with Crippen molar-refractivity contribution in [2.45, 2.75) is 19.1 Å². The Labute approximate surface area is 72.9 Å². The molecule has 13 heavy (non-hydrogen) atoms. The van der Waals surface area contributed by atoms with Gasteiger partial charge in [-0.15, -0.1) is 0 Å². The standard InChI is InChI=1S/C7H9F3N2O/c1-4-3-5(12-13-4)6(11-2)7(8,9)10/h3,6,11H,1-2H3. The first-order chi connectivity index (χ1) is 5.95. The highest BCUT2D eigenvalue weighted by molar-refractivity contribution is 5.10. The third-order valence-electron chi connectivity index (χ3n) is 1.56. The maximum absolute atomic E-state index is 12.3. The van der Waals surface area contributed by atoms with E-state index in [9.17, 15) is 13.2 Å². The molecule has 6 heteroatoms. The van der Waals surface area contributed by atoms with E-state index in [1.165, 1.54) is 13.1 Å². The third kappa shape index (κ3) is 2.21. The Bertz CT molecular complexity index is 282. The smallest absolute Gasteiger partial charge is 0.361 e. The molecule has 0 aliphatic heterocycles. The number of alkyl halides is 3. The van der Waals surface area contributed by atoms with Gasteiger partial charge in [0.15, 0.2) is 0 Å². The highest BCUT2D eigenvalue weighted by Gasteiger charge is 2.41. The monoisotopic (exact) mass is 194 g/mol. The normalized spacial score (nSPS) is 14.5. The zero-order chi connectivity index (χ0) is 10.1. The van der Waals surface area contributed by atoms with Crippen LogP contribution in [0.25, 0.3) is 0 Å². The summed E-state index contributed by atoms with van der Waals surface area (Å²) in [6, 6.07) is -0.501. The molecule has 0 amide bonds. The van der Waals surface area contributed by atoms with Crippen molar-refractivity contribution in [3.05, 3.63) is 17.5 Å². The van der Waals surface area contributed by atoms with E-state index < -0.39 is 12.2 Å². The second kappa shape index (κ2) is 3.37.